The molecule has 52 heavy (non-hydrogen) atoms. The second-order valence-corrected chi connectivity index (χ2v) is 14.1. The fourth-order valence-electron chi connectivity index (χ4n) is 6.48. The van der Waals surface area contributed by atoms with E-state index >= 15 is 0 Å². The van der Waals surface area contributed by atoms with Gasteiger partial charge in [-0.05, 0) is 82.9 Å². The normalized spacial score (nSPS) is 15.2. The summed E-state index contributed by atoms with van der Waals surface area (Å²) in [6.07, 6.45) is 11.9. The van der Waals surface area contributed by atoms with Gasteiger partial charge in [-0.2, -0.15) is 5.10 Å². The molecule has 0 unspecified atom stereocenters. The molecule has 2 aromatic carbocycles. The van der Waals surface area contributed by atoms with Gasteiger partial charge in [0.15, 0.2) is 11.0 Å². The molecule has 0 N–H and O–H groups in total. The fraction of sp³-hybridized carbons (Fsp3) is 0.231. The predicted molar refractivity (Wildman–Crippen MR) is 199 cm³/mol. The average Bonchev–Trinajstić information content (AvgIpc) is 3.45. The number of anilines is 4. The van der Waals surface area contributed by atoms with Gasteiger partial charge in [-0.1, -0.05) is 35.9 Å². The van der Waals surface area contributed by atoms with Gasteiger partial charge in [0.25, 0.3) is 0 Å². The molecule has 13 heteroatoms. The first-order valence-corrected chi connectivity index (χ1v) is 17.0. The Kier molecular flexibility index (Phi) is 8.58. The molecule has 0 bridgehead atoms. The molecule has 12 nitrogen and oxygen atoms in total. The van der Waals surface area contributed by atoms with E-state index in [9.17, 15) is 9.59 Å². The van der Waals surface area contributed by atoms with E-state index in [1.54, 1.807) is 53.0 Å². The van der Waals surface area contributed by atoms with Crippen molar-refractivity contribution in [3.63, 3.8) is 0 Å². The van der Waals surface area contributed by atoms with Gasteiger partial charge in [0.2, 0.25) is 11.8 Å². The quantitative estimate of drug-likeness (QED) is 0.182. The number of hydrogen-bond acceptors (Lipinski definition) is 10. The minimum atomic E-state index is -0.645. The van der Waals surface area contributed by atoms with Crippen LogP contribution >= 0.6 is 11.6 Å². The number of amides is 2. The van der Waals surface area contributed by atoms with Crippen LogP contribution in [0.15, 0.2) is 85.8 Å². The molecule has 0 fully saturated rings. The molecule has 6 heterocycles. The minimum Gasteiger partial charge on any atom is -0.278 e. The van der Waals surface area contributed by atoms with Crippen LogP contribution in [0, 0.1) is 20.8 Å². The summed E-state index contributed by atoms with van der Waals surface area (Å²) in [4.78, 5) is 55.3. The largest absolute Gasteiger partial charge is 0.278 e. The van der Waals surface area contributed by atoms with Crippen LogP contribution < -0.4 is 9.80 Å². The molecular formula is C39H35ClN10O2. The molecule has 0 saturated heterocycles. The van der Waals surface area contributed by atoms with E-state index in [0.717, 1.165) is 50.6 Å². The summed E-state index contributed by atoms with van der Waals surface area (Å²) >= 11 is 5.98. The molecule has 0 aliphatic carbocycles. The number of halogens is 1. The van der Waals surface area contributed by atoms with E-state index in [2.05, 4.69) is 40.1 Å². The number of carbonyl (C=O) groups excluding carboxylic acids is 2. The van der Waals surface area contributed by atoms with Gasteiger partial charge in [0.1, 0.15) is 11.6 Å². The average molecular weight is 711 g/mol. The summed E-state index contributed by atoms with van der Waals surface area (Å²) < 4.78 is 0. The van der Waals surface area contributed by atoms with Crippen molar-refractivity contribution in [2.24, 2.45) is 0 Å². The fourth-order valence-corrected chi connectivity index (χ4v) is 6.64. The zero-order chi connectivity index (χ0) is 36.9. The number of aromatic nitrogens is 8. The van der Waals surface area contributed by atoms with Crippen LogP contribution in [0.4, 0.5) is 22.9 Å². The Morgan fingerprint density at radius 3 is 1.56 bits per heavy atom. The number of hydrogen-bond donors (Lipinski definition) is 0. The van der Waals surface area contributed by atoms with Gasteiger partial charge in [0.05, 0.1) is 39.8 Å². The molecule has 8 rings (SSSR count). The highest BCUT2D eigenvalue weighted by Gasteiger charge is 2.46. The molecule has 260 valence electrons. The van der Waals surface area contributed by atoms with E-state index in [1.165, 1.54) is 6.20 Å². The minimum absolute atomic E-state index is 0.00611. The van der Waals surface area contributed by atoms with Crippen molar-refractivity contribution in [3.05, 3.63) is 119 Å². The number of aryl methyl sites for hydroxylation is 3. The first-order chi connectivity index (χ1) is 24.8. The Morgan fingerprint density at radius 2 is 1.06 bits per heavy atom. The third-order valence-electron chi connectivity index (χ3n) is 9.46. The highest BCUT2D eigenvalue weighted by Crippen LogP contribution is 2.48. The van der Waals surface area contributed by atoms with Crippen molar-refractivity contribution in [2.75, 3.05) is 9.80 Å². The van der Waals surface area contributed by atoms with Gasteiger partial charge in [-0.15, -0.1) is 5.10 Å². The molecule has 0 atom stereocenters. The first-order valence-electron chi connectivity index (χ1n) is 16.6. The number of rotatable bonds is 4. The van der Waals surface area contributed by atoms with Crippen LogP contribution in [0.3, 0.4) is 0 Å². The standard InChI is InChI=1S/C20H19N5O.C19H16ClN5O/c1-12-18(22-8-7-21-12)25-17-9-14(15-10-23-13(2)24-11-15)5-6-16(17)20(3,4)19(25)26;1-11-21-8-13(9-22-11)12-4-5-15-16(6-12)25(18(26)19(15,2)3)14-7-17(20)24-23-10-14/h5-11H,1-4H3;4-10H,1-3H3. The van der Waals surface area contributed by atoms with Crippen LogP contribution in [-0.4, -0.2) is 51.9 Å². The van der Waals surface area contributed by atoms with Crippen LogP contribution in [0.5, 0.6) is 0 Å². The molecule has 0 spiro atoms. The highest BCUT2D eigenvalue weighted by atomic mass is 35.5. The number of nitrogens with zero attached hydrogens (tertiary/aromatic N) is 10. The lowest BCUT2D eigenvalue weighted by Crippen LogP contribution is -2.34. The zero-order valence-corrected chi connectivity index (χ0v) is 30.5. The lowest BCUT2D eigenvalue weighted by molar-refractivity contribution is -0.122. The monoisotopic (exact) mass is 710 g/mol. The maximum Gasteiger partial charge on any atom is 0.242 e. The van der Waals surface area contributed by atoms with Crippen molar-refractivity contribution in [1.29, 1.82) is 0 Å². The SMILES string of the molecule is Cc1ncc(-c2ccc3c(c2)N(c2cnnc(Cl)c2)C(=O)C3(C)C)cn1.Cc1ncc(-c2ccc3c(c2)N(c2nccnc2C)C(=O)C3(C)C)cn1. The molecule has 2 aliphatic rings. The summed E-state index contributed by atoms with van der Waals surface area (Å²) in [5, 5.41) is 7.88. The number of benzene rings is 2. The molecule has 0 saturated carbocycles. The molecule has 4 aromatic heterocycles. The van der Waals surface area contributed by atoms with Crippen molar-refractivity contribution in [2.45, 2.75) is 59.3 Å². The Bertz CT molecular complexity index is 2360. The summed E-state index contributed by atoms with van der Waals surface area (Å²) in [5.74, 6) is 1.97. The number of fused-ring (bicyclic) bond motifs is 2. The maximum atomic E-state index is 13.2. The lowest BCUT2D eigenvalue weighted by atomic mass is 9.85. The van der Waals surface area contributed by atoms with Gasteiger partial charge in [-0.3, -0.25) is 24.4 Å². The second kappa shape index (κ2) is 13.0. The Morgan fingerprint density at radius 1 is 0.577 bits per heavy atom. The predicted octanol–water partition coefficient (Wildman–Crippen LogP) is 7.36. The highest BCUT2D eigenvalue weighted by molar-refractivity contribution is 6.29. The van der Waals surface area contributed by atoms with Gasteiger partial charge in [0, 0.05) is 54.4 Å². The van der Waals surface area contributed by atoms with Gasteiger partial charge < -0.3 is 0 Å². The Balaban J connectivity index is 0.000000162. The molecular weight excluding hydrogens is 676 g/mol. The molecule has 2 amide bonds. The Hall–Kier alpha value is -6.01. The molecule has 6 aromatic rings. The molecule has 0 radical (unpaired) electrons. The smallest absolute Gasteiger partial charge is 0.242 e. The van der Waals surface area contributed by atoms with Gasteiger partial charge in [-0.25, -0.2) is 24.9 Å². The van der Waals surface area contributed by atoms with Crippen LogP contribution in [0.1, 0.15) is 56.2 Å². The third-order valence-corrected chi connectivity index (χ3v) is 9.65. The van der Waals surface area contributed by atoms with E-state index < -0.39 is 10.8 Å². The summed E-state index contributed by atoms with van der Waals surface area (Å²) in [6, 6.07) is 13.6. The number of carbonyl (C=O) groups is 2. The van der Waals surface area contributed by atoms with Crippen molar-refractivity contribution >= 4 is 46.3 Å². The van der Waals surface area contributed by atoms with Gasteiger partial charge >= 0.3 is 0 Å². The van der Waals surface area contributed by atoms with Crippen molar-refractivity contribution < 1.29 is 9.59 Å². The Labute approximate surface area is 306 Å². The van der Waals surface area contributed by atoms with E-state index in [0.29, 0.717) is 23.0 Å². The second-order valence-electron chi connectivity index (χ2n) is 13.7. The maximum absolute atomic E-state index is 13.2. The van der Waals surface area contributed by atoms with Crippen LogP contribution in [-0.2, 0) is 20.4 Å². The summed E-state index contributed by atoms with van der Waals surface area (Å²) in [6.45, 7) is 13.3. The van der Waals surface area contributed by atoms with E-state index in [1.807, 2.05) is 84.9 Å². The molecule has 2 aliphatic heterocycles. The van der Waals surface area contributed by atoms with E-state index in [-0.39, 0.29) is 17.0 Å². The van der Waals surface area contributed by atoms with Crippen molar-refractivity contribution in [3.8, 4) is 22.3 Å². The first kappa shape index (κ1) is 34.4. The van der Waals surface area contributed by atoms with Crippen molar-refractivity contribution in [1.82, 2.24) is 40.1 Å². The van der Waals surface area contributed by atoms with Crippen LogP contribution in [0.2, 0.25) is 5.15 Å². The van der Waals surface area contributed by atoms with E-state index in [4.69, 9.17) is 11.6 Å². The zero-order valence-electron chi connectivity index (χ0n) is 29.7. The lowest BCUT2D eigenvalue weighted by Gasteiger charge is -2.20. The van der Waals surface area contributed by atoms with Crippen LogP contribution in [0.25, 0.3) is 22.3 Å². The summed E-state index contributed by atoms with van der Waals surface area (Å²) in [5.41, 5.74) is 7.31. The topological polar surface area (TPSA) is 144 Å². The summed E-state index contributed by atoms with van der Waals surface area (Å²) in [7, 11) is 0. The third kappa shape index (κ3) is 5.94.